The van der Waals surface area contributed by atoms with Gasteiger partial charge < -0.3 is 14.1 Å². The van der Waals surface area contributed by atoms with E-state index in [1.165, 1.54) is 0 Å². The number of aryl methyl sites for hydroxylation is 1. The van der Waals surface area contributed by atoms with Crippen LogP contribution in [0.4, 0.5) is 0 Å². The van der Waals surface area contributed by atoms with Gasteiger partial charge in [0.1, 0.15) is 11.9 Å². The molecular weight excluding hydrogens is 328 g/mol. The predicted octanol–water partition coefficient (Wildman–Crippen LogP) is 3.91. The van der Waals surface area contributed by atoms with Crippen molar-refractivity contribution in [3.8, 4) is 0 Å². The van der Waals surface area contributed by atoms with Gasteiger partial charge in [0, 0.05) is 17.6 Å². The number of amides is 1. The van der Waals surface area contributed by atoms with Crippen LogP contribution in [0.15, 0.2) is 47.1 Å². The Bertz CT molecular complexity index is 934. The summed E-state index contributed by atoms with van der Waals surface area (Å²) < 4.78 is 11.3. The van der Waals surface area contributed by atoms with Gasteiger partial charge in [-0.3, -0.25) is 9.78 Å². The SMILES string of the molecule is CCc1nc2ccccc2c(C(=O)N2CCOC(c3ccco3)C2)c1C. The highest BCUT2D eigenvalue weighted by molar-refractivity contribution is 6.07. The summed E-state index contributed by atoms with van der Waals surface area (Å²) in [5.74, 6) is 0.795. The third-order valence-electron chi connectivity index (χ3n) is 5.00. The van der Waals surface area contributed by atoms with Crippen LogP contribution in [0, 0.1) is 6.92 Å². The number of carbonyl (C=O) groups excluding carboxylic acids is 1. The molecule has 1 unspecified atom stereocenters. The van der Waals surface area contributed by atoms with Crippen LogP contribution < -0.4 is 0 Å². The summed E-state index contributed by atoms with van der Waals surface area (Å²) in [5.41, 5.74) is 3.57. The zero-order valence-electron chi connectivity index (χ0n) is 15.1. The molecule has 1 saturated heterocycles. The van der Waals surface area contributed by atoms with Crippen molar-refractivity contribution < 1.29 is 13.9 Å². The smallest absolute Gasteiger partial charge is 0.255 e. The van der Waals surface area contributed by atoms with Crippen molar-refractivity contribution in [2.75, 3.05) is 19.7 Å². The number of carbonyl (C=O) groups is 1. The van der Waals surface area contributed by atoms with Crippen LogP contribution >= 0.6 is 0 Å². The molecule has 0 bridgehead atoms. The summed E-state index contributed by atoms with van der Waals surface area (Å²) in [7, 11) is 0. The number of rotatable bonds is 3. The highest BCUT2D eigenvalue weighted by atomic mass is 16.5. The van der Waals surface area contributed by atoms with Crippen molar-refractivity contribution >= 4 is 16.8 Å². The van der Waals surface area contributed by atoms with Gasteiger partial charge in [0.05, 0.1) is 30.5 Å². The number of nitrogens with zero attached hydrogens (tertiary/aromatic N) is 2. The monoisotopic (exact) mass is 350 g/mol. The van der Waals surface area contributed by atoms with Crippen LogP contribution in [-0.2, 0) is 11.2 Å². The van der Waals surface area contributed by atoms with Gasteiger partial charge in [-0.2, -0.15) is 0 Å². The lowest BCUT2D eigenvalue weighted by Crippen LogP contribution is -2.42. The average molecular weight is 350 g/mol. The summed E-state index contributed by atoms with van der Waals surface area (Å²) in [6.45, 7) is 5.63. The molecule has 0 spiro atoms. The molecule has 0 N–H and O–H groups in total. The summed E-state index contributed by atoms with van der Waals surface area (Å²) in [6, 6.07) is 11.6. The second-order valence-corrected chi connectivity index (χ2v) is 6.56. The van der Waals surface area contributed by atoms with Crippen molar-refractivity contribution in [1.29, 1.82) is 0 Å². The average Bonchev–Trinajstić information content (AvgIpc) is 3.22. The van der Waals surface area contributed by atoms with E-state index < -0.39 is 0 Å². The number of benzene rings is 1. The molecule has 1 aliphatic heterocycles. The minimum atomic E-state index is -0.221. The lowest BCUT2D eigenvalue weighted by atomic mass is 9.98. The Morgan fingerprint density at radius 1 is 1.27 bits per heavy atom. The van der Waals surface area contributed by atoms with Crippen LogP contribution in [0.1, 0.15) is 40.4 Å². The van der Waals surface area contributed by atoms with Gasteiger partial charge in [0.25, 0.3) is 5.91 Å². The number of ether oxygens (including phenoxy) is 1. The zero-order valence-corrected chi connectivity index (χ0v) is 15.1. The third-order valence-corrected chi connectivity index (χ3v) is 5.00. The maximum absolute atomic E-state index is 13.4. The first kappa shape index (κ1) is 16.8. The fourth-order valence-corrected chi connectivity index (χ4v) is 3.62. The molecule has 4 rings (SSSR count). The molecule has 1 fully saturated rings. The number of para-hydroxylation sites is 1. The summed E-state index contributed by atoms with van der Waals surface area (Å²) in [5, 5.41) is 0.910. The Labute approximate surface area is 152 Å². The molecule has 0 aliphatic carbocycles. The maximum Gasteiger partial charge on any atom is 0.255 e. The van der Waals surface area contributed by atoms with Gasteiger partial charge in [-0.1, -0.05) is 25.1 Å². The molecule has 1 amide bonds. The number of furan rings is 1. The van der Waals surface area contributed by atoms with Crippen LogP contribution in [0.3, 0.4) is 0 Å². The first-order valence-electron chi connectivity index (χ1n) is 9.01. The van der Waals surface area contributed by atoms with E-state index in [-0.39, 0.29) is 12.0 Å². The van der Waals surface area contributed by atoms with Crippen LogP contribution in [0.2, 0.25) is 0 Å². The molecule has 134 valence electrons. The maximum atomic E-state index is 13.4. The predicted molar refractivity (Wildman–Crippen MR) is 99.2 cm³/mol. The Morgan fingerprint density at radius 3 is 2.88 bits per heavy atom. The highest BCUT2D eigenvalue weighted by Gasteiger charge is 2.29. The summed E-state index contributed by atoms with van der Waals surface area (Å²) in [4.78, 5) is 20.0. The van der Waals surface area contributed by atoms with Gasteiger partial charge in [0.15, 0.2) is 0 Å². The molecule has 0 saturated carbocycles. The largest absolute Gasteiger partial charge is 0.467 e. The first-order valence-corrected chi connectivity index (χ1v) is 9.01. The standard InChI is InChI=1S/C21H22N2O3/c1-3-16-14(2)20(15-7-4-5-8-17(15)22-16)21(24)23-10-12-26-19(13-23)18-9-6-11-25-18/h4-9,11,19H,3,10,12-13H2,1-2H3. The van der Waals surface area contributed by atoms with Gasteiger partial charge in [-0.15, -0.1) is 0 Å². The van der Waals surface area contributed by atoms with Gasteiger partial charge >= 0.3 is 0 Å². The van der Waals surface area contributed by atoms with Crippen molar-refractivity contribution in [2.45, 2.75) is 26.4 Å². The van der Waals surface area contributed by atoms with E-state index in [9.17, 15) is 4.79 Å². The number of morpholine rings is 1. The Balaban J connectivity index is 1.73. The Hall–Kier alpha value is -2.66. The second kappa shape index (κ2) is 6.92. The molecule has 2 aromatic heterocycles. The van der Waals surface area contributed by atoms with Crippen LogP contribution in [0.25, 0.3) is 10.9 Å². The third kappa shape index (κ3) is 2.88. The van der Waals surface area contributed by atoms with Crippen molar-refractivity contribution in [1.82, 2.24) is 9.88 Å². The number of fused-ring (bicyclic) bond motifs is 1. The first-order chi connectivity index (χ1) is 12.7. The quantitative estimate of drug-likeness (QED) is 0.719. The van der Waals surface area contributed by atoms with E-state index in [2.05, 4.69) is 6.92 Å². The summed E-state index contributed by atoms with van der Waals surface area (Å²) >= 11 is 0. The number of pyridine rings is 1. The minimum Gasteiger partial charge on any atom is -0.467 e. The topological polar surface area (TPSA) is 55.6 Å². The lowest BCUT2D eigenvalue weighted by Gasteiger charge is -2.32. The molecule has 1 aliphatic rings. The lowest BCUT2D eigenvalue weighted by molar-refractivity contribution is -0.0321. The number of aromatic nitrogens is 1. The van der Waals surface area contributed by atoms with E-state index >= 15 is 0 Å². The summed E-state index contributed by atoms with van der Waals surface area (Å²) in [6.07, 6.45) is 2.21. The molecule has 0 radical (unpaired) electrons. The van der Waals surface area contributed by atoms with Gasteiger partial charge in [-0.25, -0.2) is 0 Å². The molecule has 5 nitrogen and oxygen atoms in total. The fourth-order valence-electron chi connectivity index (χ4n) is 3.62. The molecule has 3 aromatic rings. The van der Waals surface area contributed by atoms with Crippen LogP contribution in [0.5, 0.6) is 0 Å². The minimum absolute atomic E-state index is 0.0376. The molecular formula is C21H22N2O3. The van der Waals surface area contributed by atoms with E-state index in [4.69, 9.17) is 14.1 Å². The van der Waals surface area contributed by atoms with Crippen molar-refractivity contribution in [3.63, 3.8) is 0 Å². The Kier molecular flexibility index (Phi) is 4.47. The van der Waals surface area contributed by atoms with Crippen molar-refractivity contribution in [2.24, 2.45) is 0 Å². The van der Waals surface area contributed by atoms with E-state index in [1.54, 1.807) is 6.26 Å². The molecule has 5 heteroatoms. The van der Waals surface area contributed by atoms with Gasteiger partial charge in [-0.05, 0) is 37.1 Å². The molecule has 3 heterocycles. The second-order valence-electron chi connectivity index (χ2n) is 6.56. The number of hydrogen-bond donors (Lipinski definition) is 0. The Morgan fingerprint density at radius 2 is 2.12 bits per heavy atom. The van der Waals surface area contributed by atoms with Crippen molar-refractivity contribution in [3.05, 3.63) is 65.2 Å². The zero-order chi connectivity index (χ0) is 18.1. The highest BCUT2D eigenvalue weighted by Crippen LogP contribution is 2.28. The van der Waals surface area contributed by atoms with Gasteiger partial charge in [0.2, 0.25) is 0 Å². The van der Waals surface area contributed by atoms with E-state index in [0.717, 1.165) is 39.9 Å². The van der Waals surface area contributed by atoms with Crippen LogP contribution in [-0.4, -0.2) is 35.5 Å². The molecule has 26 heavy (non-hydrogen) atoms. The van der Waals surface area contributed by atoms with E-state index in [0.29, 0.717) is 19.7 Å². The molecule has 1 atom stereocenters. The molecule has 1 aromatic carbocycles. The fraction of sp³-hybridized carbons (Fsp3) is 0.333. The van der Waals surface area contributed by atoms with E-state index in [1.807, 2.05) is 48.2 Å². The number of hydrogen-bond acceptors (Lipinski definition) is 4. The normalized spacial score (nSPS) is 17.6.